The van der Waals surface area contributed by atoms with Gasteiger partial charge in [-0.1, -0.05) is 5.16 Å². The van der Waals surface area contributed by atoms with Crippen molar-refractivity contribution in [2.75, 3.05) is 31.6 Å². The number of hydrogen-bond donors (Lipinski definition) is 1. The van der Waals surface area contributed by atoms with Crippen LogP contribution in [0, 0.1) is 5.41 Å². The molecule has 160 valence electrons. The van der Waals surface area contributed by atoms with E-state index in [1.165, 1.54) is 6.20 Å². The zero-order valence-corrected chi connectivity index (χ0v) is 17.2. The number of methoxy groups -OCH3 is 1. The number of H-pyrrole nitrogens is 1. The van der Waals surface area contributed by atoms with E-state index in [-0.39, 0.29) is 17.6 Å². The fourth-order valence-corrected chi connectivity index (χ4v) is 4.64. The van der Waals surface area contributed by atoms with E-state index in [2.05, 4.69) is 15.4 Å². The van der Waals surface area contributed by atoms with Crippen LogP contribution >= 0.6 is 0 Å². The van der Waals surface area contributed by atoms with Gasteiger partial charge in [-0.2, -0.15) is 5.10 Å². The van der Waals surface area contributed by atoms with Crippen molar-refractivity contribution in [2.45, 2.75) is 19.3 Å². The van der Waals surface area contributed by atoms with Crippen molar-refractivity contribution < 1.29 is 18.8 Å². The predicted octanol–water partition coefficient (Wildman–Crippen LogP) is 2.73. The molecule has 5 rings (SSSR count). The van der Waals surface area contributed by atoms with Gasteiger partial charge >= 0.3 is 0 Å². The van der Waals surface area contributed by atoms with Gasteiger partial charge in [-0.15, -0.1) is 0 Å². The molecule has 3 aromatic rings. The summed E-state index contributed by atoms with van der Waals surface area (Å²) in [7, 11) is 1.62. The SMILES string of the molecule is COc1cc(N2CCC3(CCN(C(=O)c4ccno4)CC3)C2=O)ccc1-c1cn[nH]c1. The molecule has 1 N–H and O–H groups in total. The van der Waals surface area contributed by atoms with E-state index in [0.717, 1.165) is 23.2 Å². The summed E-state index contributed by atoms with van der Waals surface area (Å²) >= 11 is 0. The number of ether oxygens (including phenoxy) is 1. The van der Waals surface area contributed by atoms with Gasteiger partial charge in [-0.05, 0) is 31.4 Å². The fourth-order valence-electron chi connectivity index (χ4n) is 4.64. The normalized spacial score (nSPS) is 18.0. The molecule has 0 bridgehead atoms. The molecule has 0 atom stereocenters. The van der Waals surface area contributed by atoms with E-state index in [9.17, 15) is 9.59 Å². The lowest BCUT2D eigenvalue weighted by Crippen LogP contribution is -2.46. The van der Waals surface area contributed by atoms with Gasteiger partial charge in [0, 0.05) is 54.8 Å². The molecular formula is C22H23N5O4. The molecule has 2 aliphatic rings. The minimum atomic E-state index is -0.422. The Kier molecular flexibility index (Phi) is 4.72. The van der Waals surface area contributed by atoms with Crippen molar-refractivity contribution in [3.8, 4) is 16.9 Å². The Morgan fingerprint density at radius 3 is 2.68 bits per heavy atom. The fraction of sp³-hybridized carbons (Fsp3) is 0.364. The second-order valence-electron chi connectivity index (χ2n) is 8.03. The predicted molar refractivity (Wildman–Crippen MR) is 112 cm³/mol. The van der Waals surface area contributed by atoms with E-state index in [1.807, 2.05) is 23.1 Å². The molecule has 0 saturated carbocycles. The minimum absolute atomic E-state index is 0.123. The van der Waals surface area contributed by atoms with Gasteiger partial charge in [-0.3, -0.25) is 14.7 Å². The minimum Gasteiger partial charge on any atom is -0.496 e. The van der Waals surface area contributed by atoms with E-state index in [4.69, 9.17) is 9.26 Å². The highest BCUT2D eigenvalue weighted by Gasteiger charge is 2.49. The standard InChI is InChI=1S/C22H23N5O4/c1-30-19-12-16(2-3-17(19)15-13-23-24-14-15)27-11-7-22(21(27)29)5-9-26(10-6-22)20(28)18-4-8-25-31-18/h2-4,8,12-14H,5-7,9-11H2,1H3,(H,23,24). The summed E-state index contributed by atoms with van der Waals surface area (Å²) in [4.78, 5) is 29.5. The molecule has 2 amide bonds. The van der Waals surface area contributed by atoms with Crippen LogP contribution in [0.1, 0.15) is 29.8 Å². The number of rotatable bonds is 4. The highest BCUT2D eigenvalue weighted by atomic mass is 16.5. The molecule has 2 saturated heterocycles. The Labute approximate surface area is 179 Å². The molecule has 1 aromatic carbocycles. The van der Waals surface area contributed by atoms with E-state index < -0.39 is 5.41 Å². The molecule has 9 nitrogen and oxygen atoms in total. The number of nitrogens with one attached hydrogen (secondary N) is 1. The maximum Gasteiger partial charge on any atom is 0.292 e. The first-order chi connectivity index (χ1) is 15.1. The average Bonchev–Trinajstić information content (AvgIpc) is 3.57. The number of likely N-dealkylation sites (tertiary alicyclic amines) is 1. The smallest absolute Gasteiger partial charge is 0.292 e. The lowest BCUT2D eigenvalue weighted by molar-refractivity contribution is -0.127. The van der Waals surface area contributed by atoms with Gasteiger partial charge in [-0.25, -0.2) is 0 Å². The highest BCUT2D eigenvalue weighted by molar-refractivity contribution is 6.00. The summed E-state index contributed by atoms with van der Waals surface area (Å²) in [6, 6.07) is 7.37. The Balaban J connectivity index is 1.32. The Morgan fingerprint density at radius 2 is 2.00 bits per heavy atom. The van der Waals surface area contributed by atoms with Crippen LogP contribution in [-0.4, -0.2) is 58.8 Å². The molecule has 2 aliphatic heterocycles. The molecule has 0 aliphatic carbocycles. The summed E-state index contributed by atoms with van der Waals surface area (Å²) in [6.07, 6.45) is 7.08. The van der Waals surface area contributed by atoms with Crippen LogP contribution < -0.4 is 9.64 Å². The number of aromatic nitrogens is 3. The number of amides is 2. The van der Waals surface area contributed by atoms with Gasteiger partial charge in [0.25, 0.3) is 5.91 Å². The summed E-state index contributed by atoms with van der Waals surface area (Å²) in [5.74, 6) is 0.881. The number of anilines is 1. The summed E-state index contributed by atoms with van der Waals surface area (Å²) in [5.41, 5.74) is 2.25. The third kappa shape index (κ3) is 3.26. The van der Waals surface area contributed by atoms with Crippen LogP contribution in [0.25, 0.3) is 11.1 Å². The largest absolute Gasteiger partial charge is 0.496 e. The van der Waals surface area contributed by atoms with Gasteiger partial charge in [0.15, 0.2) is 0 Å². The molecular weight excluding hydrogens is 398 g/mol. The van der Waals surface area contributed by atoms with Crippen LogP contribution in [0.5, 0.6) is 5.75 Å². The van der Waals surface area contributed by atoms with Crippen LogP contribution in [0.2, 0.25) is 0 Å². The van der Waals surface area contributed by atoms with Crippen molar-refractivity contribution >= 4 is 17.5 Å². The van der Waals surface area contributed by atoms with Crippen molar-refractivity contribution in [3.63, 3.8) is 0 Å². The van der Waals surface area contributed by atoms with E-state index >= 15 is 0 Å². The quantitative estimate of drug-likeness (QED) is 0.695. The first-order valence-corrected chi connectivity index (χ1v) is 10.3. The number of hydrogen-bond acceptors (Lipinski definition) is 6. The molecule has 1 spiro atoms. The second-order valence-corrected chi connectivity index (χ2v) is 8.03. The van der Waals surface area contributed by atoms with Crippen LogP contribution in [0.4, 0.5) is 5.69 Å². The van der Waals surface area contributed by atoms with Crippen molar-refractivity contribution in [1.82, 2.24) is 20.3 Å². The number of aromatic amines is 1. The molecule has 2 fully saturated rings. The number of piperidine rings is 1. The summed E-state index contributed by atoms with van der Waals surface area (Å²) in [6.45, 7) is 1.72. The van der Waals surface area contributed by atoms with Crippen molar-refractivity contribution in [3.05, 3.63) is 48.6 Å². The first-order valence-electron chi connectivity index (χ1n) is 10.3. The Hall–Kier alpha value is -3.62. The molecule has 0 unspecified atom stereocenters. The zero-order chi connectivity index (χ0) is 21.4. The molecule has 4 heterocycles. The van der Waals surface area contributed by atoms with E-state index in [1.54, 1.807) is 30.5 Å². The molecule has 0 radical (unpaired) electrons. The third-order valence-electron chi connectivity index (χ3n) is 6.48. The monoisotopic (exact) mass is 421 g/mol. The highest BCUT2D eigenvalue weighted by Crippen LogP contribution is 2.44. The average molecular weight is 421 g/mol. The van der Waals surface area contributed by atoms with Crippen LogP contribution in [0.15, 0.2) is 47.4 Å². The maximum atomic E-state index is 13.4. The number of carbonyl (C=O) groups excluding carboxylic acids is 2. The molecule has 2 aromatic heterocycles. The van der Waals surface area contributed by atoms with Gasteiger partial charge in [0.1, 0.15) is 5.75 Å². The van der Waals surface area contributed by atoms with Crippen molar-refractivity contribution in [2.24, 2.45) is 5.41 Å². The summed E-state index contributed by atoms with van der Waals surface area (Å²) < 4.78 is 10.6. The van der Waals surface area contributed by atoms with Gasteiger partial charge < -0.3 is 19.1 Å². The Bertz CT molecular complexity index is 1090. The molecule has 9 heteroatoms. The van der Waals surface area contributed by atoms with Gasteiger partial charge in [0.05, 0.1) is 24.9 Å². The number of nitrogens with zero attached hydrogens (tertiary/aromatic N) is 4. The number of carbonyl (C=O) groups is 2. The lowest BCUT2D eigenvalue weighted by Gasteiger charge is -2.37. The van der Waals surface area contributed by atoms with Crippen molar-refractivity contribution in [1.29, 1.82) is 0 Å². The Morgan fingerprint density at radius 1 is 1.19 bits per heavy atom. The lowest BCUT2D eigenvalue weighted by atomic mass is 9.77. The zero-order valence-electron chi connectivity index (χ0n) is 17.2. The second kappa shape index (κ2) is 7.57. The van der Waals surface area contributed by atoms with Crippen LogP contribution in [-0.2, 0) is 4.79 Å². The maximum absolute atomic E-state index is 13.4. The first kappa shape index (κ1) is 19.3. The van der Waals surface area contributed by atoms with E-state index in [0.29, 0.717) is 38.2 Å². The summed E-state index contributed by atoms with van der Waals surface area (Å²) in [5, 5.41) is 10.4. The van der Waals surface area contributed by atoms with Crippen LogP contribution in [0.3, 0.4) is 0 Å². The third-order valence-corrected chi connectivity index (χ3v) is 6.48. The molecule has 31 heavy (non-hydrogen) atoms. The topological polar surface area (TPSA) is 105 Å². The van der Waals surface area contributed by atoms with Gasteiger partial charge in [0.2, 0.25) is 11.7 Å². The number of benzene rings is 1.